The van der Waals surface area contributed by atoms with E-state index in [4.69, 9.17) is 17.3 Å². The summed E-state index contributed by atoms with van der Waals surface area (Å²) in [6, 6.07) is 3.55. The second kappa shape index (κ2) is 6.67. The number of nitrogens with one attached hydrogen (secondary N) is 1. The minimum atomic E-state index is -0.729. The fourth-order valence-corrected chi connectivity index (χ4v) is 2.37. The van der Waals surface area contributed by atoms with Crippen molar-refractivity contribution in [1.82, 2.24) is 10.2 Å². The van der Waals surface area contributed by atoms with Crippen LogP contribution in [-0.4, -0.2) is 35.3 Å². The van der Waals surface area contributed by atoms with Gasteiger partial charge in [0.2, 0.25) is 0 Å². The quantitative estimate of drug-likeness (QED) is 0.636. The van der Waals surface area contributed by atoms with E-state index in [0.29, 0.717) is 10.9 Å². The van der Waals surface area contributed by atoms with Crippen LogP contribution in [0.2, 0.25) is 4.34 Å². The van der Waals surface area contributed by atoms with Crippen LogP contribution in [-0.2, 0) is 16.1 Å². The van der Waals surface area contributed by atoms with Gasteiger partial charge in [0.25, 0.3) is 0 Å². The average Bonchev–Trinajstić information content (AvgIpc) is 2.70. The number of halogens is 1. The standard InChI is InChI=1S/C10H12ClN3O2S2/c1-14(5-6-2-3-7(11)18-6)10(16)9(15)13-4-8(12)17/h2-3H,4-5H2,1H3,(H2,12,17)(H,13,15). The molecule has 1 rings (SSSR count). The zero-order valence-corrected chi connectivity index (χ0v) is 12.0. The third-order valence-corrected chi connectivity index (χ3v) is 3.35. The summed E-state index contributed by atoms with van der Waals surface area (Å²) >= 11 is 11.7. The van der Waals surface area contributed by atoms with E-state index in [1.54, 1.807) is 6.07 Å². The number of hydrogen-bond donors (Lipinski definition) is 2. The molecule has 1 aromatic heterocycles. The first-order chi connectivity index (χ1) is 8.40. The van der Waals surface area contributed by atoms with E-state index in [1.165, 1.54) is 23.3 Å². The van der Waals surface area contributed by atoms with Crippen molar-refractivity contribution in [2.24, 2.45) is 5.73 Å². The van der Waals surface area contributed by atoms with Crippen LogP contribution in [0, 0.1) is 0 Å². The van der Waals surface area contributed by atoms with Crippen molar-refractivity contribution in [2.75, 3.05) is 13.6 Å². The number of carbonyl (C=O) groups excluding carboxylic acids is 2. The van der Waals surface area contributed by atoms with Gasteiger partial charge in [-0.15, -0.1) is 11.3 Å². The number of nitrogens with two attached hydrogens (primary N) is 1. The lowest BCUT2D eigenvalue weighted by Gasteiger charge is -2.15. The first-order valence-electron chi connectivity index (χ1n) is 4.96. The van der Waals surface area contributed by atoms with Crippen molar-refractivity contribution >= 4 is 52.0 Å². The Hall–Kier alpha value is -1.18. The highest BCUT2D eigenvalue weighted by molar-refractivity contribution is 7.80. The number of rotatable bonds is 4. The van der Waals surface area contributed by atoms with Crippen LogP contribution in [0.3, 0.4) is 0 Å². The van der Waals surface area contributed by atoms with Crippen LogP contribution in [0.1, 0.15) is 4.88 Å². The van der Waals surface area contributed by atoms with Gasteiger partial charge in [-0.05, 0) is 12.1 Å². The van der Waals surface area contributed by atoms with Crippen molar-refractivity contribution in [3.8, 4) is 0 Å². The summed E-state index contributed by atoms with van der Waals surface area (Å²) in [6.45, 7) is 0.343. The maximum atomic E-state index is 11.7. The van der Waals surface area contributed by atoms with E-state index in [0.717, 1.165) is 4.88 Å². The Labute approximate surface area is 119 Å². The third kappa shape index (κ3) is 4.59. The van der Waals surface area contributed by atoms with Gasteiger partial charge in [-0.3, -0.25) is 9.59 Å². The van der Waals surface area contributed by atoms with Crippen LogP contribution in [0.4, 0.5) is 0 Å². The molecular weight excluding hydrogens is 294 g/mol. The maximum absolute atomic E-state index is 11.7. The molecule has 0 aliphatic rings. The summed E-state index contributed by atoms with van der Waals surface area (Å²) in [5, 5.41) is 2.33. The molecule has 0 aliphatic carbocycles. The lowest BCUT2D eigenvalue weighted by atomic mass is 10.4. The Kier molecular flexibility index (Phi) is 5.52. The van der Waals surface area contributed by atoms with Gasteiger partial charge in [-0.1, -0.05) is 23.8 Å². The number of amides is 2. The molecule has 1 aromatic rings. The Bertz CT molecular complexity index is 475. The van der Waals surface area contributed by atoms with Crippen molar-refractivity contribution in [1.29, 1.82) is 0 Å². The molecule has 0 unspecified atom stereocenters. The summed E-state index contributed by atoms with van der Waals surface area (Å²) in [7, 11) is 1.54. The number of thiophene rings is 1. The molecule has 0 aromatic carbocycles. The minimum Gasteiger partial charge on any atom is -0.392 e. The lowest BCUT2D eigenvalue weighted by molar-refractivity contribution is -0.145. The summed E-state index contributed by atoms with van der Waals surface area (Å²) < 4.78 is 0.642. The number of nitrogens with zero attached hydrogens (tertiary/aromatic N) is 1. The first-order valence-corrected chi connectivity index (χ1v) is 6.56. The summed E-state index contributed by atoms with van der Waals surface area (Å²) in [6.07, 6.45) is 0. The van der Waals surface area contributed by atoms with E-state index in [1.807, 2.05) is 6.07 Å². The summed E-state index contributed by atoms with van der Waals surface area (Å²) in [5.41, 5.74) is 5.22. The zero-order valence-electron chi connectivity index (χ0n) is 9.60. The second-order valence-electron chi connectivity index (χ2n) is 3.52. The molecule has 18 heavy (non-hydrogen) atoms. The highest BCUT2D eigenvalue weighted by Crippen LogP contribution is 2.22. The summed E-state index contributed by atoms with van der Waals surface area (Å²) in [5.74, 6) is -1.37. The van der Waals surface area contributed by atoms with Crippen LogP contribution in [0.5, 0.6) is 0 Å². The lowest BCUT2D eigenvalue weighted by Crippen LogP contribution is -2.43. The van der Waals surface area contributed by atoms with Crippen LogP contribution in [0.15, 0.2) is 12.1 Å². The highest BCUT2D eigenvalue weighted by Gasteiger charge is 2.18. The molecule has 1 heterocycles. The van der Waals surface area contributed by atoms with Crippen molar-refractivity contribution in [2.45, 2.75) is 6.54 Å². The molecule has 0 atom stereocenters. The van der Waals surface area contributed by atoms with Crippen LogP contribution in [0.25, 0.3) is 0 Å². The fourth-order valence-electron chi connectivity index (χ4n) is 1.16. The molecule has 3 N–H and O–H groups in total. The molecule has 0 aliphatic heterocycles. The maximum Gasteiger partial charge on any atom is 0.311 e. The Morgan fingerprint density at radius 3 is 2.72 bits per heavy atom. The van der Waals surface area contributed by atoms with Gasteiger partial charge in [0.05, 0.1) is 22.4 Å². The van der Waals surface area contributed by atoms with Gasteiger partial charge in [-0.25, -0.2) is 0 Å². The molecule has 8 heteroatoms. The summed E-state index contributed by atoms with van der Waals surface area (Å²) in [4.78, 5) is 25.4. The topological polar surface area (TPSA) is 75.4 Å². The van der Waals surface area contributed by atoms with E-state index < -0.39 is 11.8 Å². The van der Waals surface area contributed by atoms with Crippen molar-refractivity contribution in [3.63, 3.8) is 0 Å². The smallest absolute Gasteiger partial charge is 0.311 e. The predicted molar refractivity (Wildman–Crippen MR) is 75.6 cm³/mol. The Morgan fingerprint density at radius 2 is 2.22 bits per heavy atom. The fraction of sp³-hybridized carbons (Fsp3) is 0.300. The molecule has 0 radical (unpaired) electrons. The monoisotopic (exact) mass is 305 g/mol. The van der Waals surface area contributed by atoms with Crippen molar-refractivity contribution in [3.05, 3.63) is 21.3 Å². The third-order valence-electron chi connectivity index (χ3n) is 1.99. The minimum absolute atomic E-state index is 0.0125. The molecule has 98 valence electrons. The van der Waals surface area contributed by atoms with Gasteiger partial charge in [0, 0.05) is 11.9 Å². The second-order valence-corrected chi connectivity index (χ2v) is 5.84. The van der Waals surface area contributed by atoms with Crippen LogP contribution >= 0.6 is 35.2 Å². The SMILES string of the molecule is CN(Cc1ccc(Cl)s1)C(=O)C(=O)NCC(N)=S. The number of thiocarbonyl (C=S) groups is 1. The Morgan fingerprint density at radius 1 is 1.56 bits per heavy atom. The Balaban J connectivity index is 2.50. The normalized spacial score (nSPS) is 9.89. The zero-order chi connectivity index (χ0) is 13.7. The van der Waals surface area contributed by atoms with Gasteiger partial charge >= 0.3 is 11.8 Å². The van der Waals surface area contributed by atoms with E-state index in [9.17, 15) is 9.59 Å². The average molecular weight is 306 g/mol. The first kappa shape index (κ1) is 14.9. The van der Waals surface area contributed by atoms with Gasteiger partial charge in [0.1, 0.15) is 0 Å². The molecule has 0 fully saturated rings. The highest BCUT2D eigenvalue weighted by atomic mass is 35.5. The van der Waals surface area contributed by atoms with Crippen molar-refractivity contribution < 1.29 is 9.59 Å². The van der Waals surface area contributed by atoms with E-state index in [2.05, 4.69) is 17.5 Å². The molecule has 5 nitrogen and oxygen atoms in total. The van der Waals surface area contributed by atoms with Crippen LogP contribution < -0.4 is 11.1 Å². The number of carbonyl (C=O) groups is 2. The van der Waals surface area contributed by atoms with E-state index >= 15 is 0 Å². The molecular formula is C10H12ClN3O2S2. The largest absolute Gasteiger partial charge is 0.392 e. The van der Waals surface area contributed by atoms with Gasteiger partial charge in [0.15, 0.2) is 0 Å². The molecule has 2 amide bonds. The van der Waals surface area contributed by atoms with E-state index in [-0.39, 0.29) is 11.5 Å². The molecule has 0 saturated heterocycles. The molecule has 0 bridgehead atoms. The van der Waals surface area contributed by atoms with Gasteiger partial charge in [-0.2, -0.15) is 0 Å². The number of hydrogen-bond acceptors (Lipinski definition) is 4. The molecule has 0 spiro atoms. The van der Waals surface area contributed by atoms with Gasteiger partial charge < -0.3 is 16.0 Å². The molecule has 0 saturated carbocycles. The predicted octanol–water partition coefficient (Wildman–Crippen LogP) is 0.762. The number of likely N-dealkylation sites (N-methyl/N-ethyl adjacent to an activating group) is 1.